The molecule has 1 saturated heterocycles. The molecule has 1 aromatic heterocycles. The Kier molecular flexibility index (Phi) is 8.28. The number of benzene rings is 3. The molecule has 0 bridgehead atoms. The van der Waals surface area contributed by atoms with Gasteiger partial charge in [-0.1, -0.05) is 59.2 Å². The predicted molar refractivity (Wildman–Crippen MR) is 148 cm³/mol. The van der Waals surface area contributed by atoms with Gasteiger partial charge in [-0.25, -0.2) is 4.39 Å². The standard InChI is InChI=1S/C27H24Cl2FN5O2S/c28-21-5-10-25(24(29)15-21)34-26(31-32-27(34)38-17-18-1-6-22(30)7-2-18)16-33-13-11-20(12-14-33)19-3-8-23(9-4-19)35(36)37/h1-10,15,20H,11-14,16-17H2. The van der Waals surface area contributed by atoms with E-state index in [2.05, 4.69) is 15.1 Å². The summed E-state index contributed by atoms with van der Waals surface area (Å²) >= 11 is 14.3. The fourth-order valence-electron chi connectivity index (χ4n) is 4.62. The van der Waals surface area contributed by atoms with E-state index in [1.165, 1.54) is 23.9 Å². The molecule has 196 valence electrons. The summed E-state index contributed by atoms with van der Waals surface area (Å²) in [6.07, 6.45) is 1.89. The van der Waals surface area contributed by atoms with Gasteiger partial charge in [0, 0.05) is 22.9 Å². The van der Waals surface area contributed by atoms with Gasteiger partial charge >= 0.3 is 0 Å². The summed E-state index contributed by atoms with van der Waals surface area (Å²) in [6.45, 7) is 2.32. The molecule has 5 rings (SSSR count). The van der Waals surface area contributed by atoms with E-state index in [1.54, 1.807) is 36.4 Å². The van der Waals surface area contributed by atoms with E-state index < -0.39 is 0 Å². The number of likely N-dealkylation sites (tertiary alicyclic amines) is 1. The molecule has 38 heavy (non-hydrogen) atoms. The second kappa shape index (κ2) is 11.8. The number of nitrogens with zero attached hydrogens (tertiary/aromatic N) is 5. The van der Waals surface area contributed by atoms with Crippen molar-refractivity contribution in [1.82, 2.24) is 19.7 Å². The van der Waals surface area contributed by atoms with Crippen molar-refractivity contribution >= 4 is 40.7 Å². The third-order valence-electron chi connectivity index (χ3n) is 6.66. The van der Waals surface area contributed by atoms with Crippen molar-refractivity contribution in [3.63, 3.8) is 0 Å². The van der Waals surface area contributed by atoms with Crippen molar-refractivity contribution in [3.05, 3.63) is 110 Å². The summed E-state index contributed by atoms with van der Waals surface area (Å²) in [4.78, 5) is 12.9. The van der Waals surface area contributed by atoms with Crippen LogP contribution < -0.4 is 0 Å². The zero-order valence-corrected chi connectivity index (χ0v) is 22.6. The summed E-state index contributed by atoms with van der Waals surface area (Å²) in [5, 5.41) is 21.7. The fraction of sp³-hybridized carbons (Fsp3) is 0.259. The van der Waals surface area contributed by atoms with Gasteiger partial charge in [-0.2, -0.15) is 0 Å². The van der Waals surface area contributed by atoms with Crippen LogP contribution in [0, 0.1) is 15.9 Å². The van der Waals surface area contributed by atoms with Gasteiger partial charge in [0.2, 0.25) is 0 Å². The summed E-state index contributed by atoms with van der Waals surface area (Å²) in [5.74, 6) is 1.46. The Hall–Kier alpha value is -2.98. The lowest BCUT2D eigenvalue weighted by Gasteiger charge is -2.32. The van der Waals surface area contributed by atoms with Crippen LogP contribution in [0.2, 0.25) is 10.0 Å². The molecule has 1 fully saturated rings. The van der Waals surface area contributed by atoms with Crippen LogP contribution in [0.1, 0.15) is 35.7 Å². The first-order chi connectivity index (χ1) is 18.4. The molecule has 0 aliphatic carbocycles. The average Bonchev–Trinajstić information content (AvgIpc) is 3.30. The minimum atomic E-state index is -0.373. The smallest absolute Gasteiger partial charge is 0.269 e. The summed E-state index contributed by atoms with van der Waals surface area (Å²) in [7, 11) is 0. The van der Waals surface area contributed by atoms with Crippen LogP contribution in [-0.4, -0.2) is 37.7 Å². The zero-order valence-electron chi connectivity index (χ0n) is 20.3. The van der Waals surface area contributed by atoms with Crippen LogP contribution in [-0.2, 0) is 12.3 Å². The molecule has 1 aliphatic rings. The molecule has 0 N–H and O–H groups in total. The second-order valence-electron chi connectivity index (χ2n) is 9.14. The molecule has 7 nitrogen and oxygen atoms in total. The van der Waals surface area contributed by atoms with E-state index in [0.29, 0.717) is 33.4 Å². The van der Waals surface area contributed by atoms with Gasteiger partial charge in [0.1, 0.15) is 5.82 Å². The van der Waals surface area contributed by atoms with Crippen molar-refractivity contribution in [2.75, 3.05) is 13.1 Å². The first-order valence-electron chi connectivity index (χ1n) is 12.1. The maximum Gasteiger partial charge on any atom is 0.269 e. The van der Waals surface area contributed by atoms with Gasteiger partial charge in [-0.3, -0.25) is 19.6 Å². The highest BCUT2D eigenvalue weighted by atomic mass is 35.5. The van der Waals surface area contributed by atoms with Crippen LogP contribution in [0.15, 0.2) is 71.9 Å². The van der Waals surface area contributed by atoms with Gasteiger partial charge in [0.25, 0.3) is 5.69 Å². The fourth-order valence-corrected chi connectivity index (χ4v) is 6.03. The van der Waals surface area contributed by atoms with E-state index in [0.717, 1.165) is 48.6 Å². The number of piperidine rings is 1. The molecule has 3 aromatic carbocycles. The third-order valence-corrected chi connectivity index (χ3v) is 8.20. The predicted octanol–water partition coefficient (Wildman–Crippen LogP) is 7.29. The number of nitro groups is 1. The van der Waals surface area contributed by atoms with Gasteiger partial charge in [-0.05, 0) is 73.3 Å². The third kappa shape index (κ3) is 6.18. The summed E-state index contributed by atoms with van der Waals surface area (Å²) in [6, 6.07) is 18.6. The van der Waals surface area contributed by atoms with Crippen LogP contribution in [0.25, 0.3) is 5.69 Å². The molecule has 0 spiro atoms. The zero-order chi connectivity index (χ0) is 26.6. The van der Waals surface area contributed by atoms with Crippen LogP contribution >= 0.6 is 35.0 Å². The Bertz CT molecular complexity index is 1420. The molecule has 0 radical (unpaired) electrons. The first-order valence-corrected chi connectivity index (χ1v) is 13.8. The van der Waals surface area contributed by atoms with Gasteiger partial charge in [0.05, 0.1) is 22.2 Å². The Labute approximate surface area is 233 Å². The maximum atomic E-state index is 13.3. The van der Waals surface area contributed by atoms with Gasteiger partial charge in [-0.15, -0.1) is 10.2 Å². The average molecular weight is 572 g/mol. The van der Waals surface area contributed by atoms with Crippen molar-refractivity contribution in [3.8, 4) is 5.69 Å². The number of rotatable bonds is 8. The topological polar surface area (TPSA) is 77.1 Å². The van der Waals surface area contributed by atoms with Crippen molar-refractivity contribution < 1.29 is 9.31 Å². The van der Waals surface area contributed by atoms with Crippen molar-refractivity contribution in [2.24, 2.45) is 0 Å². The molecule has 4 aromatic rings. The highest BCUT2D eigenvalue weighted by Gasteiger charge is 2.24. The number of halogens is 3. The van der Waals surface area contributed by atoms with E-state index in [1.807, 2.05) is 22.8 Å². The largest absolute Gasteiger partial charge is 0.296 e. The summed E-state index contributed by atoms with van der Waals surface area (Å²) < 4.78 is 15.3. The lowest BCUT2D eigenvalue weighted by atomic mass is 9.89. The van der Waals surface area contributed by atoms with E-state index in [9.17, 15) is 14.5 Å². The minimum absolute atomic E-state index is 0.111. The summed E-state index contributed by atoms with van der Waals surface area (Å²) in [5.41, 5.74) is 2.96. The van der Waals surface area contributed by atoms with E-state index >= 15 is 0 Å². The lowest BCUT2D eigenvalue weighted by molar-refractivity contribution is -0.384. The van der Waals surface area contributed by atoms with Gasteiger partial charge in [0.15, 0.2) is 11.0 Å². The van der Waals surface area contributed by atoms with E-state index in [-0.39, 0.29) is 16.4 Å². The minimum Gasteiger partial charge on any atom is -0.296 e. The van der Waals surface area contributed by atoms with Gasteiger partial charge < -0.3 is 0 Å². The molecular formula is C27H24Cl2FN5O2S. The Morgan fingerprint density at radius 2 is 1.71 bits per heavy atom. The first kappa shape index (κ1) is 26.6. The van der Waals surface area contributed by atoms with Crippen LogP contribution in [0.4, 0.5) is 10.1 Å². The molecule has 0 saturated carbocycles. The second-order valence-corrected chi connectivity index (χ2v) is 10.9. The molecule has 2 heterocycles. The highest BCUT2D eigenvalue weighted by molar-refractivity contribution is 7.98. The van der Waals surface area contributed by atoms with Crippen LogP contribution in [0.3, 0.4) is 0 Å². The van der Waals surface area contributed by atoms with Crippen molar-refractivity contribution in [1.29, 1.82) is 0 Å². The molecule has 11 heteroatoms. The quantitative estimate of drug-likeness (QED) is 0.125. The Morgan fingerprint density at radius 1 is 1.00 bits per heavy atom. The number of hydrogen-bond donors (Lipinski definition) is 0. The molecule has 0 amide bonds. The van der Waals surface area contributed by atoms with Crippen molar-refractivity contribution in [2.45, 2.75) is 36.2 Å². The number of thioether (sulfide) groups is 1. The molecule has 0 atom stereocenters. The number of non-ortho nitro benzene ring substituents is 1. The highest BCUT2D eigenvalue weighted by Crippen LogP contribution is 2.33. The van der Waals surface area contributed by atoms with E-state index in [4.69, 9.17) is 23.2 Å². The number of aromatic nitrogens is 3. The maximum absolute atomic E-state index is 13.3. The molecule has 1 aliphatic heterocycles. The monoisotopic (exact) mass is 571 g/mol. The normalized spacial score (nSPS) is 14.6. The Balaban J connectivity index is 1.32. The number of nitro benzene ring substituents is 1. The SMILES string of the molecule is O=[N+]([O-])c1ccc(C2CCN(Cc3nnc(SCc4ccc(F)cc4)n3-c3ccc(Cl)cc3Cl)CC2)cc1. The lowest BCUT2D eigenvalue weighted by Crippen LogP contribution is -2.33. The number of hydrogen-bond acceptors (Lipinski definition) is 6. The molecular weight excluding hydrogens is 548 g/mol. The van der Waals surface area contributed by atoms with Crippen LogP contribution in [0.5, 0.6) is 0 Å². The molecule has 0 unspecified atom stereocenters. The Morgan fingerprint density at radius 3 is 2.37 bits per heavy atom.